The molecule has 1 aromatic heterocycles. The van der Waals surface area contributed by atoms with E-state index in [0.29, 0.717) is 32.8 Å². The van der Waals surface area contributed by atoms with Crippen LogP contribution in [0.25, 0.3) is 0 Å². The molecule has 0 spiro atoms. The third-order valence-electron chi connectivity index (χ3n) is 6.13. The molecule has 2 fully saturated rings. The van der Waals surface area contributed by atoms with E-state index in [1.54, 1.807) is 0 Å². The van der Waals surface area contributed by atoms with Gasteiger partial charge in [0.1, 0.15) is 10.6 Å². The fourth-order valence-electron chi connectivity index (χ4n) is 4.32. The van der Waals surface area contributed by atoms with Crippen LogP contribution in [-0.4, -0.2) is 67.9 Å². The summed E-state index contributed by atoms with van der Waals surface area (Å²) in [5.41, 5.74) is 2.51. The molecule has 1 amide bonds. The number of morpholine rings is 1. The number of ether oxygens (including phenoxy) is 1. The number of aromatic amines is 1. The maximum Gasteiger partial charge on any atom is 0.268 e. The van der Waals surface area contributed by atoms with Crippen LogP contribution in [-0.2, 0) is 27.8 Å². The normalized spacial score (nSPS) is 20.8. The number of piperidine rings is 1. The van der Waals surface area contributed by atoms with Gasteiger partial charge < -0.3 is 15.0 Å². The molecule has 9 heteroatoms. The maximum atomic E-state index is 12.7. The van der Waals surface area contributed by atoms with Crippen molar-refractivity contribution >= 4 is 15.9 Å². The number of hydrogen-bond acceptors (Lipinski definition) is 5. The number of nitrogens with zero attached hydrogens (tertiary/aromatic N) is 2. The highest BCUT2D eigenvalue weighted by molar-refractivity contribution is 7.89. The number of aromatic nitrogens is 1. The average molecular weight is 461 g/mol. The van der Waals surface area contributed by atoms with Crippen molar-refractivity contribution in [3.05, 3.63) is 53.3 Å². The number of rotatable bonds is 7. The van der Waals surface area contributed by atoms with E-state index in [9.17, 15) is 13.2 Å². The Bertz CT molecular complexity index is 1010. The van der Waals surface area contributed by atoms with Gasteiger partial charge in [-0.2, -0.15) is 4.31 Å². The second-order valence-corrected chi connectivity index (χ2v) is 10.7. The van der Waals surface area contributed by atoms with Crippen LogP contribution in [0.3, 0.4) is 0 Å². The number of likely N-dealkylation sites (tertiary alicyclic amines) is 1. The molecule has 2 aliphatic heterocycles. The summed E-state index contributed by atoms with van der Waals surface area (Å²) in [6.07, 6.45) is 3.95. The highest BCUT2D eigenvalue weighted by Crippen LogP contribution is 2.19. The first-order valence-corrected chi connectivity index (χ1v) is 12.7. The lowest BCUT2D eigenvalue weighted by molar-refractivity contribution is 0.0730. The number of hydrogen-bond donors (Lipinski definition) is 2. The van der Waals surface area contributed by atoms with E-state index in [0.717, 1.165) is 31.1 Å². The van der Waals surface area contributed by atoms with Crippen molar-refractivity contribution in [1.29, 1.82) is 0 Å². The monoisotopic (exact) mass is 460 g/mol. The molecule has 1 atom stereocenters. The summed E-state index contributed by atoms with van der Waals surface area (Å²) in [5.74, 6) is 0.426. The molecule has 3 heterocycles. The Hall–Kier alpha value is -2.20. The minimum absolute atomic E-state index is 0.0981. The molecule has 4 rings (SSSR count). The molecule has 174 valence electrons. The second-order valence-electron chi connectivity index (χ2n) is 8.75. The van der Waals surface area contributed by atoms with Crippen LogP contribution in [0.4, 0.5) is 0 Å². The van der Waals surface area contributed by atoms with Crippen molar-refractivity contribution in [2.45, 2.75) is 37.8 Å². The van der Waals surface area contributed by atoms with Gasteiger partial charge in [0, 0.05) is 38.9 Å². The maximum absolute atomic E-state index is 12.7. The highest BCUT2D eigenvalue weighted by atomic mass is 32.2. The predicted octanol–water partition coefficient (Wildman–Crippen LogP) is 2.20. The zero-order valence-electron chi connectivity index (χ0n) is 18.5. The molecular formula is C23H32N4O4S. The summed E-state index contributed by atoms with van der Waals surface area (Å²) in [7, 11) is -3.62. The van der Waals surface area contributed by atoms with Gasteiger partial charge in [0.05, 0.1) is 13.2 Å². The van der Waals surface area contributed by atoms with Crippen LogP contribution in [0, 0.1) is 5.92 Å². The van der Waals surface area contributed by atoms with Gasteiger partial charge >= 0.3 is 0 Å². The minimum Gasteiger partial charge on any atom is -0.379 e. The average Bonchev–Trinajstić information content (AvgIpc) is 3.30. The second kappa shape index (κ2) is 10.2. The molecule has 2 N–H and O–H groups in total. The largest absolute Gasteiger partial charge is 0.379 e. The van der Waals surface area contributed by atoms with Crippen LogP contribution in [0.2, 0.25) is 0 Å². The van der Waals surface area contributed by atoms with Gasteiger partial charge in [-0.1, -0.05) is 31.2 Å². The fraction of sp³-hybridized carbons (Fsp3) is 0.522. The molecular weight excluding hydrogens is 428 g/mol. The Morgan fingerprint density at radius 2 is 1.88 bits per heavy atom. The van der Waals surface area contributed by atoms with Gasteiger partial charge in [-0.3, -0.25) is 9.69 Å². The molecule has 2 aliphatic rings. The number of sulfonamides is 1. The summed E-state index contributed by atoms with van der Waals surface area (Å²) in [6.45, 7) is 7.36. The van der Waals surface area contributed by atoms with E-state index in [1.807, 2.05) is 12.1 Å². The summed E-state index contributed by atoms with van der Waals surface area (Å²) >= 11 is 0. The minimum atomic E-state index is -3.62. The predicted molar refractivity (Wildman–Crippen MR) is 122 cm³/mol. The highest BCUT2D eigenvalue weighted by Gasteiger charge is 2.28. The Labute approximate surface area is 190 Å². The lowest BCUT2D eigenvalue weighted by Gasteiger charge is -2.30. The molecule has 2 saturated heterocycles. The van der Waals surface area contributed by atoms with E-state index >= 15 is 0 Å². The van der Waals surface area contributed by atoms with E-state index in [2.05, 4.69) is 34.3 Å². The molecule has 1 unspecified atom stereocenters. The van der Waals surface area contributed by atoms with Crippen LogP contribution < -0.4 is 5.32 Å². The number of H-pyrrole nitrogens is 1. The van der Waals surface area contributed by atoms with Crippen molar-refractivity contribution < 1.29 is 17.9 Å². The van der Waals surface area contributed by atoms with Gasteiger partial charge in [0.25, 0.3) is 5.91 Å². The number of carbonyl (C=O) groups is 1. The van der Waals surface area contributed by atoms with Gasteiger partial charge in [-0.15, -0.1) is 0 Å². The van der Waals surface area contributed by atoms with Crippen molar-refractivity contribution in [2.75, 3.05) is 39.4 Å². The summed E-state index contributed by atoms with van der Waals surface area (Å²) < 4.78 is 32.0. The van der Waals surface area contributed by atoms with Gasteiger partial charge in [0.2, 0.25) is 10.0 Å². The van der Waals surface area contributed by atoms with Gasteiger partial charge in [0.15, 0.2) is 0 Å². The van der Waals surface area contributed by atoms with E-state index in [4.69, 9.17) is 4.74 Å². The number of benzene rings is 1. The SMILES string of the molecule is CC1CCCN(Cc2ccc(CNC(=O)c3cc(S(=O)(=O)N4CCOCC4)c[nH]3)cc2)C1. The van der Waals surface area contributed by atoms with Crippen molar-refractivity contribution in [3.63, 3.8) is 0 Å². The molecule has 0 aliphatic carbocycles. The number of amides is 1. The topological polar surface area (TPSA) is 94.7 Å². The van der Waals surface area contributed by atoms with Crippen LogP contribution >= 0.6 is 0 Å². The van der Waals surface area contributed by atoms with Crippen LogP contribution in [0.1, 0.15) is 41.4 Å². The van der Waals surface area contributed by atoms with Crippen molar-refractivity contribution in [1.82, 2.24) is 19.5 Å². The Kier molecular flexibility index (Phi) is 7.30. The van der Waals surface area contributed by atoms with Gasteiger partial charge in [-0.25, -0.2) is 8.42 Å². The number of carbonyl (C=O) groups excluding carboxylic acids is 1. The zero-order chi connectivity index (χ0) is 22.6. The third-order valence-corrected chi connectivity index (χ3v) is 8.01. The van der Waals surface area contributed by atoms with Crippen molar-refractivity contribution in [2.24, 2.45) is 5.92 Å². The molecule has 2 aromatic rings. The fourth-order valence-corrected chi connectivity index (χ4v) is 5.72. The van der Waals surface area contributed by atoms with Crippen molar-refractivity contribution in [3.8, 4) is 0 Å². The first kappa shape index (κ1) is 23.0. The van der Waals surface area contributed by atoms with E-state index in [1.165, 1.54) is 35.0 Å². The van der Waals surface area contributed by atoms with Gasteiger partial charge in [-0.05, 0) is 42.5 Å². The summed E-state index contributed by atoms with van der Waals surface area (Å²) in [6, 6.07) is 9.69. The molecule has 32 heavy (non-hydrogen) atoms. The summed E-state index contributed by atoms with van der Waals surface area (Å²) in [5, 5.41) is 2.86. The summed E-state index contributed by atoms with van der Waals surface area (Å²) in [4.78, 5) is 17.9. The first-order valence-electron chi connectivity index (χ1n) is 11.3. The quantitative estimate of drug-likeness (QED) is 0.661. The van der Waals surface area contributed by atoms with Crippen LogP contribution in [0.15, 0.2) is 41.4 Å². The van der Waals surface area contributed by atoms with E-state index < -0.39 is 10.0 Å². The van der Waals surface area contributed by atoms with Crippen LogP contribution in [0.5, 0.6) is 0 Å². The molecule has 0 radical (unpaired) electrons. The molecule has 0 bridgehead atoms. The lowest BCUT2D eigenvalue weighted by Crippen LogP contribution is -2.40. The first-order chi connectivity index (χ1) is 15.4. The molecule has 1 aromatic carbocycles. The molecule has 8 nitrogen and oxygen atoms in total. The standard InChI is InChI=1S/C23H32N4O4S/c1-18-3-2-8-26(16-18)17-20-6-4-19(5-7-20)14-25-23(28)22-13-21(15-24-22)32(29,30)27-9-11-31-12-10-27/h4-7,13,15,18,24H,2-3,8-12,14,16-17H2,1H3,(H,25,28). The van der Waals surface area contributed by atoms with E-state index in [-0.39, 0.29) is 16.5 Å². The lowest BCUT2D eigenvalue weighted by atomic mass is 9.99. The Morgan fingerprint density at radius 3 is 2.59 bits per heavy atom. The Balaban J connectivity index is 1.30. The number of nitrogens with one attached hydrogen (secondary N) is 2. The smallest absolute Gasteiger partial charge is 0.268 e. The zero-order valence-corrected chi connectivity index (χ0v) is 19.4. The Morgan fingerprint density at radius 1 is 1.16 bits per heavy atom. The molecule has 0 saturated carbocycles. The third kappa shape index (κ3) is 5.58.